The molecule has 2 heterocycles. The van der Waals surface area contributed by atoms with Crippen molar-refractivity contribution in [3.63, 3.8) is 0 Å². The number of thioether (sulfide) groups is 4. The summed E-state index contributed by atoms with van der Waals surface area (Å²) in [5.41, 5.74) is 1.23. The second-order valence-corrected chi connectivity index (χ2v) is 20.3. The summed E-state index contributed by atoms with van der Waals surface area (Å²) in [6.07, 6.45) is 30.2. The van der Waals surface area contributed by atoms with Gasteiger partial charge in [0, 0.05) is 9.79 Å². The molecule has 0 atom stereocenters. The Balaban J connectivity index is 1.94. The lowest BCUT2D eigenvalue weighted by Gasteiger charge is -2.18. The van der Waals surface area contributed by atoms with Crippen molar-refractivity contribution in [3.8, 4) is 17.9 Å². The SMILES string of the molecule is CCCCCCCCCCc1c2c(c(OCCCCCCCC)c3c1S/C(=C(/C#N)C(=O)OCCCCCCCC)S3)S/C(=C(/C#N)C(=O)OCCCCCCCC)S2. The van der Waals surface area contributed by atoms with E-state index in [9.17, 15) is 20.1 Å². The molecule has 2 aliphatic heterocycles. The number of hydrogen-bond donors (Lipinski definition) is 0. The maximum absolute atomic E-state index is 13.4. The molecule has 0 spiro atoms. The minimum atomic E-state index is -0.567. The Morgan fingerprint density at radius 3 is 1.14 bits per heavy atom. The molecule has 2 aliphatic rings. The molecule has 0 amide bonds. The largest absolute Gasteiger partial charge is 0.491 e. The maximum Gasteiger partial charge on any atom is 0.350 e. The minimum absolute atomic E-state index is 0.0445. The average Bonchev–Trinajstić information content (AvgIpc) is 3.87. The van der Waals surface area contributed by atoms with E-state index in [-0.39, 0.29) is 11.1 Å². The lowest BCUT2D eigenvalue weighted by molar-refractivity contribution is -0.139. The zero-order valence-electron chi connectivity index (χ0n) is 36.8. The molecule has 1 aromatic carbocycles. The van der Waals surface area contributed by atoms with E-state index in [1.807, 2.05) is 0 Å². The topological polar surface area (TPSA) is 109 Å². The predicted octanol–water partition coefficient (Wildman–Crippen LogP) is 15.8. The van der Waals surface area contributed by atoms with E-state index in [2.05, 4.69) is 39.8 Å². The molecule has 59 heavy (non-hydrogen) atoms. The number of carbonyl (C=O) groups is 2. The van der Waals surface area contributed by atoms with Crippen LogP contribution < -0.4 is 4.74 Å². The Bertz CT molecular complexity index is 1500. The highest BCUT2D eigenvalue weighted by atomic mass is 32.2. The molecule has 3 rings (SSSR count). The molecule has 1 aromatic rings. The van der Waals surface area contributed by atoms with Gasteiger partial charge < -0.3 is 14.2 Å². The van der Waals surface area contributed by atoms with E-state index >= 15 is 0 Å². The fourth-order valence-corrected chi connectivity index (χ4v) is 12.7. The molecule has 0 saturated heterocycles. The second kappa shape index (κ2) is 31.6. The number of hydrogen-bond acceptors (Lipinski definition) is 11. The standard InChI is InChI=1S/C48H72N2O5S4/c1-5-9-13-17-21-22-23-27-31-37-41-43(58-47(56-41)38(35-49)45(51)54-33-29-25-19-15-11-7-3)40(53-32-28-24-18-14-10-6-2)44-42(37)57-48(59-44)39(36-50)46(52)55-34-30-26-20-16-12-8-4/h5-34H2,1-4H3/b47-38-,48-39+. The zero-order chi connectivity index (χ0) is 42.5. The Morgan fingerprint density at radius 1 is 0.441 bits per heavy atom. The number of ether oxygens (including phenoxy) is 3. The highest BCUT2D eigenvalue weighted by molar-refractivity contribution is 8.25. The Hall–Kier alpha value is -2.18. The Labute approximate surface area is 374 Å². The van der Waals surface area contributed by atoms with Gasteiger partial charge in [-0.05, 0) is 37.7 Å². The summed E-state index contributed by atoms with van der Waals surface area (Å²) < 4.78 is 19.3. The van der Waals surface area contributed by atoms with Crippen LogP contribution in [0.4, 0.5) is 0 Å². The van der Waals surface area contributed by atoms with Crippen LogP contribution >= 0.6 is 47.0 Å². The quantitative estimate of drug-likeness (QED) is 0.0291. The Kier molecular flexibility index (Phi) is 27.4. The van der Waals surface area contributed by atoms with Gasteiger partial charge in [0.15, 0.2) is 11.1 Å². The number of esters is 2. The van der Waals surface area contributed by atoms with E-state index in [0.29, 0.717) is 28.3 Å². The summed E-state index contributed by atoms with van der Waals surface area (Å²) in [4.78, 5) is 30.6. The molecule has 0 aromatic heterocycles. The third kappa shape index (κ3) is 18.0. The molecule has 0 aliphatic carbocycles. The fraction of sp³-hybridized carbons (Fsp3) is 0.708. The van der Waals surface area contributed by atoms with Crippen molar-refractivity contribution < 1.29 is 23.8 Å². The van der Waals surface area contributed by atoms with Crippen molar-refractivity contribution in [1.29, 1.82) is 10.5 Å². The van der Waals surface area contributed by atoms with Crippen LogP contribution in [0.5, 0.6) is 5.75 Å². The predicted molar refractivity (Wildman–Crippen MR) is 249 cm³/mol. The van der Waals surface area contributed by atoms with E-state index < -0.39 is 11.9 Å². The first kappa shape index (κ1) is 51.2. The normalized spacial score (nSPS) is 14.7. The Morgan fingerprint density at radius 2 is 0.763 bits per heavy atom. The molecular formula is C48H72N2O5S4. The van der Waals surface area contributed by atoms with Gasteiger partial charge in [-0.15, -0.1) is 0 Å². The maximum atomic E-state index is 13.4. The number of unbranched alkanes of at least 4 members (excludes halogenated alkanes) is 22. The van der Waals surface area contributed by atoms with Crippen molar-refractivity contribution in [2.75, 3.05) is 19.8 Å². The number of carbonyl (C=O) groups excluding carboxylic acids is 2. The van der Waals surface area contributed by atoms with Crippen LogP contribution in [-0.2, 0) is 25.5 Å². The van der Waals surface area contributed by atoms with Crippen molar-refractivity contribution in [1.82, 2.24) is 0 Å². The van der Waals surface area contributed by atoms with Gasteiger partial charge >= 0.3 is 11.9 Å². The van der Waals surface area contributed by atoms with Crippen LogP contribution in [0.1, 0.15) is 200 Å². The van der Waals surface area contributed by atoms with Crippen molar-refractivity contribution in [2.45, 2.75) is 221 Å². The van der Waals surface area contributed by atoms with Crippen molar-refractivity contribution in [3.05, 3.63) is 25.2 Å². The minimum Gasteiger partial charge on any atom is -0.491 e. The molecule has 0 radical (unpaired) electrons. The summed E-state index contributed by atoms with van der Waals surface area (Å²) in [6.45, 7) is 10.0. The number of fused-ring (bicyclic) bond motifs is 2. The van der Waals surface area contributed by atoms with Gasteiger partial charge in [-0.25, -0.2) is 9.59 Å². The third-order valence-corrected chi connectivity index (χ3v) is 16.0. The third-order valence-electron chi connectivity index (χ3n) is 10.7. The van der Waals surface area contributed by atoms with Gasteiger partial charge in [-0.3, -0.25) is 0 Å². The number of benzene rings is 1. The lowest BCUT2D eigenvalue weighted by atomic mass is 10.0. The molecule has 0 N–H and O–H groups in total. The highest BCUT2D eigenvalue weighted by Gasteiger charge is 2.38. The van der Waals surface area contributed by atoms with E-state index in [4.69, 9.17) is 14.2 Å². The van der Waals surface area contributed by atoms with Crippen molar-refractivity contribution in [2.24, 2.45) is 0 Å². The molecular weight excluding hydrogens is 813 g/mol. The first-order valence-corrected chi connectivity index (χ1v) is 26.4. The molecule has 0 fully saturated rings. The van der Waals surface area contributed by atoms with Gasteiger partial charge in [-0.1, -0.05) is 216 Å². The van der Waals surface area contributed by atoms with Gasteiger partial charge in [0.05, 0.1) is 38.1 Å². The lowest BCUT2D eigenvalue weighted by Crippen LogP contribution is -2.09. The summed E-state index contributed by atoms with van der Waals surface area (Å²) in [5.74, 6) is -0.413. The fourth-order valence-electron chi connectivity index (χ4n) is 7.14. The molecule has 0 bridgehead atoms. The molecule has 0 saturated carbocycles. The summed E-state index contributed by atoms with van der Waals surface area (Å²) in [5, 5.41) is 20.7. The smallest absolute Gasteiger partial charge is 0.350 e. The van der Waals surface area contributed by atoms with E-state index in [1.54, 1.807) is 0 Å². The monoisotopic (exact) mass is 884 g/mol. The van der Waals surface area contributed by atoms with Gasteiger partial charge in [0.2, 0.25) is 0 Å². The van der Waals surface area contributed by atoms with Crippen molar-refractivity contribution >= 4 is 59.0 Å². The van der Waals surface area contributed by atoms with Gasteiger partial charge in [0.25, 0.3) is 0 Å². The summed E-state index contributed by atoms with van der Waals surface area (Å²) in [7, 11) is 0. The molecule has 11 heteroatoms. The van der Waals surface area contributed by atoms with Crippen LogP contribution in [0, 0.1) is 22.7 Å². The zero-order valence-corrected chi connectivity index (χ0v) is 40.0. The highest BCUT2D eigenvalue weighted by Crippen LogP contribution is 2.66. The van der Waals surface area contributed by atoms with Gasteiger partial charge in [0.1, 0.15) is 17.9 Å². The molecule has 328 valence electrons. The second-order valence-electron chi connectivity index (χ2n) is 15.7. The summed E-state index contributed by atoms with van der Waals surface area (Å²) >= 11 is 5.80. The number of rotatable bonds is 33. The average molecular weight is 885 g/mol. The first-order chi connectivity index (χ1) is 28.9. The van der Waals surface area contributed by atoms with E-state index in [0.717, 1.165) is 102 Å². The van der Waals surface area contributed by atoms with E-state index in [1.165, 1.54) is 150 Å². The molecule has 0 unspecified atom stereocenters. The molecule has 7 nitrogen and oxygen atoms in total. The van der Waals surface area contributed by atoms with Crippen LogP contribution in [0.25, 0.3) is 0 Å². The van der Waals surface area contributed by atoms with Crippen LogP contribution in [0.2, 0.25) is 0 Å². The summed E-state index contributed by atoms with van der Waals surface area (Å²) in [6, 6.07) is 4.39. The van der Waals surface area contributed by atoms with Gasteiger partial charge in [-0.2, -0.15) is 10.5 Å². The first-order valence-electron chi connectivity index (χ1n) is 23.1. The number of nitriles is 2. The number of nitrogens with zero attached hydrogens (tertiary/aromatic N) is 2. The van der Waals surface area contributed by atoms with Crippen LogP contribution in [0.3, 0.4) is 0 Å². The van der Waals surface area contributed by atoms with Crippen LogP contribution in [0.15, 0.2) is 39.2 Å². The van der Waals surface area contributed by atoms with Crippen LogP contribution in [-0.4, -0.2) is 31.8 Å².